The Labute approximate surface area is 84.3 Å². The van der Waals surface area contributed by atoms with Crippen LogP contribution in [0.3, 0.4) is 0 Å². The predicted molar refractivity (Wildman–Crippen MR) is 58.4 cm³/mol. The van der Waals surface area contributed by atoms with Gasteiger partial charge in [-0.15, -0.1) is 0 Å². The highest BCUT2D eigenvalue weighted by Gasteiger charge is 1.98. The smallest absolute Gasteiger partial charge is 0.0438 e. The molecular weight excluding hydrogens is 188 g/mol. The zero-order valence-electron chi connectivity index (χ0n) is 7.18. The second-order valence-electron chi connectivity index (χ2n) is 2.92. The second kappa shape index (κ2) is 4.78. The molecule has 0 heterocycles. The molecule has 1 rings (SSSR count). The van der Waals surface area contributed by atoms with Crippen molar-refractivity contribution in [2.75, 3.05) is 5.75 Å². The summed E-state index contributed by atoms with van der Waals surface area (Å²) in [7, 11) is 0. The summed E-state index contributed by atoms with van der Waals surface area (Å²) < 4.78 is 0. The van der Waals surface area contributed by atoms with Crippen molar-refractivity contribution in [3.8, 4) is 0 Å². The minimum absolute atomic E-state index is 0.877. The fourth-order valence-corrected chi connectivity index (χ4v) is 1.53. The van der Waals surface area contributed by atoms with Gasteiger partial charge in [0.15, 0.2) is 0 Å². The van der Waals surface area contributed by atoms with Crippen LogP contribution >= 0.6 is 24.2 Å². The summed E-state index contributed by atoms with van der Waals surface area (Å²) in [4.78, 5) is 0. The second-order valence-corrected chi connectivity index (χ2v) is 3.78. The van der Waals surface area contributed by atoms with Crippen molar-refractivity contribution >= 4 is 24.2 Å². The average molecular weight is 201 g/mol. The van der Waals surface area contributed by atoms with Crippen molar-refractivity contribution in [2.24, 2.45) is 0 Å². The van der Waals surface area contributed by atoms with Crippen LogP contribution in [0.5, 0.6) is 0 Å². The Morgan fingerprint density at radius 2 is 2.17 bits per heavy atom. The molecule has 0 saturated carbocycles. The molecule has 0 N–H and O–H groups in total. The predicted octanol–water partition coefficient (Wildman–Crippen LogP) is 3.51. The normalized spacial score (nSPS) is 10.2. The van der Waals surface area contributed by atoms with Crippen LogP contribution in [0.4, 0.5) is 0 Å². The van der Waals surface area contributed by atoms with Crippen molar-refractivity contribution in [1.82, 2.24) is 0 Å². The lowest BCUT2D eigenvalue weighted by molar-refractivity contribution is 0.934. The minimum atomic E-state index is 0.877. The number of aryl methyl sites for hydroxylation is 2. The largest absolute Gasteiger partial charge is 0.179 e. The molecule has 0 aliphatic heterocycles. The van der Waals surface area contributed by atoms with Gasteiger partial charge >= 0.3 is 0 Å². The minimum Gasteiger partial charge on any atom is -0.179 e. The fraction of sp³-hybridized carbons (Fsp3) is 0.400. The lowest BCUT2D eigenvalue weighted by atomic mass is 10.1. The monoisotopic (exact) mass is 200 g/mol. The van der Waals surface area contributed by atoms with Crippen molar-refractivity contribution < 1.29 is 0 Å². The number of hydrogen-bond donors (Lipinski definition) is 1. The summed E-state index contributed by atoms with van der Waals surface area (Å²) >= 11 is 10.2. The first-order chi connectivity index (χ1) is 5.74. The molecule has 0 aliphatic rings. The Kier molecular flexibility index (Phi) is 3.96. The molecule has 0 saturated heterocycles. The molecule has 12 heavy (non-hydrogen) atoms. The molecule has 0 amide bonds. The third-order valence-corrected chi connectivity index (χ3v) is 2.49. The van der Waals surface area contributed by atoms with Gasteiger partial charge in [0.25, 0.3) is 0 Å². The summed E-state index contributed by atoms with van der Waals surface area (Å²) in [5, 5.41) is 0.877. The fourth-order valence-electron chi connectivity index (χ4n) is 1.16. The van der Waals surface area contributed by atoms with Gasteiger partial charge in [-0.05, 0) is 37.1 Å². The van der Waals surface area contributed by atoms with Crippen LogP contribution in [0.15, 0.2) is 18.2 Å². The number of hydrogen-bond acceptors (Lipinski definition) is 1. The number of rotatable bonds is 3. The Bertz CT molecular complexity index is 258. The van der Waals surface area contributed by atoms with E-state index in [2.05, 4.69) is 25.6 Å². The maximum atomic E-state index is 6.01. The van der Waals surface area contributed by atoms with Crippen LogP contribution in [-0.2, 0) is 6.42 Å². The summed E-state index contributed by atoms with van der Waals surface area (Å²) in [6, 6.07) is 6.14. The molecule has 0 aliphatic carbocycles. The number of benzene rings is 1. The molecule has 0 unspecified atom stereocenters. The van der Waals surface area contributed by atoms with Crippen LogP contribution in [-0.4, -0.2) is 5.75 Å². The topological polar surface area (TPSA) is 0 Å². The van der Waals surface area contributed by atoms with Gasteiger partial charge in [0.2, 0.25) is 0 Å². The van der Waals surface area contributed by atoms with E-state index in [4.69, 9.17) is 11.6 Å². The van der Waals surface area contributed by atoms with Crippen LogP contribution in [0.1, 0.15) is 17.5 Å². The maximum Gasteiger partial charge on any atom is 0.0438 e. The van der Waals surface area contributed by atoms with Crippen LogP contribution in [0.25, 0.3) is 0 Å². The molecule has 1 aromatic rings. The van der Waals surface area contributed by atoms with Crippen LogP contribution < -0.4 is 0 Å². The first-order valence-electron chi connectivity index (χ1n) is 4.10. The molecule has 0 bridgehead atoms. The Hall–Kier alpha value is -0.140. The van der Waals surface area contributed by atoms with Crippen LogP contribution in [0.2, 0.25) is 5.02 Å². The third-order valence-electron chi connectivity index (χ3n) is 1.81. The summed E-state index contributed by atoms with van der Waals surface area (Å²) in [5.74, 6) is 0.921. The molecule has 0 aromatic heterocycles. The van der Waals surface area contributed by atoms with Crippen molar-refractivity contribution in [2.45, 2.75) is 19.8 Å². The molecule has 2 heteroatoms. The highest BCUT2D eigenvalue weighted by Crippen LogP contribution is 2.18. The van der Waals surface area contributed by atoms with E-state index in [9.17, 15) is 0 Å². The summed E-state index contributed by atoms with van der Waals surface area (Å²) in [5.41, 5.74) is 2.51. The molecule has 0 nitrogen and oxygen atoms in total. The van der Waals surface area contributed by atoms with E-state index in [1.54, 1.807) is 0 Å². The molecule has 1 aromatic carbocycles. The third kappa shape index (κ3) is 2.72. The van der Waals surface area contributed by atoms with Gasteiger partial charge in [-0.3, -0.25) is 0 Å². The first kappa shape index (κ1) is 9.94. The van der Waals surface area contributed by atoms with Gasteiger partial charge in [-0.1, -0.05) is 29.3 Å². The molecule has 0 radical (unpaired) electrons. The van der Waals surface area contributed by atoms with E-state index in [-0.39, 0.29) is 0 Å². The van der Waals surface area contributed by atoms with E-state index < -0.39 is 0 Å². The lowest BCUT2D eigenvalue weighted by Gasteiger charge is -2.03. The molecular formula is C10H13ClS. The Morgan fingerprint density at radius 1 is 1.42 bits per heavy atom. The van der Waals surface area contributed by atoms with E-state index >= 15 is 0 Å². The molecule has 0 fully saturated rings. The zero-order chi connectivity index (χ0) is 8.97. The van der Waals surface area contributed by atoms with Crippen molar-refractivity contribution in [1.29, 1.82) is 0 Å². The maximum absolute atomic E-state index is 6.01. The van der Waals surface area contributed by atoms with Gasteiger partial charge in [-0.2, -0.15) is 12.6 Å². The van der Waals surface area contributed by atoms with E-state index in [0.29, 0.717) is 0 Å². The molecule has 0 atom stereocenters. The average Bonchev–Trinajstić information content (AvgIpc) is 2.07. The Morgan fingerprint density at radius 3 is 2.83 bits per heavy atom. The zero-order valence-corrected chi connectivity index (χ0v) is 8.83. The van der Waals surface area contributed by atoms with Gasteiger partial charge in [0.05, 0.1) is 0 Å². The number of thiol groups is 1. The van der Waals surface area contributed by atoms with Gasteiger partial charge in [0, 0.05) is 5.02 Å². The van der Waals surface area contributed by atoms with Gasteiger partial charge in [-0.25, -0.2) is 0 Å². The first-order valence-corrected chi connectivity index (χ1v) is 5.11. The quantitative estimate of drug-likeness (QED) is 0.710. The van der Waals surface area contributed by atoms with E-state index in [1.807, 2.05) is 12.1 Å². The van der Waals surface area contributed by atoms with Crippen molar-refractivity contribution in [3.05, 3.63) is 34.3 Å². The van der Waals surface area contributed by atoms with Gasteiger partial charge < -0.3 is 0 Å². The van der Waals surface area contributed by atoms with Crippen LogP contribution in [0, 0.1) is 6.92 Å². The number of halogens is 1. The lowest BCUT2D eigenvalue weighted by Crippen LogP contribution is -1.88. The summed E-state index contributed by atoms with van der Waals surface area (Å²) in [6.07, 6.45) is 2.12. The van der Waals surface area contributed by atoms with Gasteiger partial charge in [0.1, 0.15) is 0 Å². The van der Waals surface area contributed by atoms with E-state index in [1.165, 1.54) is 11.1 Å². The summed E-state index contributed by atoms with van der Waals surface area (Å²) in [6.45, 7) is 2.08. The molecule has 66 valence electrons. The SMILES string of the molecule is Cc1ccc(Cl)c(CCCS)c1. The van der Waals surface area contributed by atoms with E-state index in [0.717, 1.165) is 23.6 Å². The van der Waals surface area contributed by atoms with Crippen molar-refractivity contribution in [3.63, 3.8) is 0 Å². The Balaban J connectivity index is 2.75. The standard InChI is InChI=1S/C10H13ClS/c1-8-4-5-10(11)9(7-8)3-2-6-12/h4-5,7,12H,2-3,6H2,1H3. The highest BCUT2D eigenvalue weighted by molar-refractivity contribution is 7.80. The highest BCUT2D eigenvalue weighted by atomic mass is 35.5. The molecule has 0 spiro atoms.